The molecule has 182 valence electrons. The average molecular weight is 496 g/mol. The van der Waals surface area contributed by atoms with Crippen LogP contribution in [0.25, 0.3) is 0 Å². The molecule has 0 unspecified atom stereocenters. The number of sulfone groups is 1. The van der Waals surface area contributed by atoms with Crippen LogP contribution in [0.4, 0.5) is 0 Å². The van der Waals surface area contributed by atoms with Crippen molar-refractivity contribution >= 4 is 27.6 Å². The van der Waals surface area contributed by atoms with E-state index in [9.17, 15) is 22.8 Å². The summed E-state index contributed by atoms with van der Waals surface area (Å²) in [7, 11) is -4.26. The van der Waals surface area contributed by atoms with Gasteiger partial charge in [0, 0.05) is 31.7 Å². The van der Waals surface area contributed by atoms with E-state index < -0.39 is 27.0 Å². The highest BCUT2D eigenvalue weighted by molar-refractivity contribution is 7.92. The first kappa shape index (κ1) is 24.2. The standard InChI is InChI=1S/C25H25N3O6S/c1-18-8-5-6-11-20(18)24(30)27-13-15-28(16-14-27)25(31)23(26-22(29)21-12-7-17-34-21)35(32,33)19-9-3-2-4-10-19/h2-12,17,23H,13-16H2,1H3,(H,26,29)/t23-/m1/s1. The molecule has 0 spiro atoms. The van der Waals surface area contributed by atoms with E-state index in [1.165, 1.54) is 35.4 Å². The van der Waals surface area contributed by atoms with Crippen LogP contribution in [0.5, 0.6) is 0 Å². The first-order valence-electron chi connectivity index (χ1n) is 11.1. The van der Waals surface area contributed by atoms with Gasteiger partial charge in [0.05, 0.1) is 11.2 Å². The number of nitrogens with one attached hydrogen (secondary N) is 1. The Morgan fingerprint density at radius 3 is 2.11 bits per heavy atom. The summed E-state index contributed by atoms with van der Waals surface area (Å²) in [5, 5.41) is 0.484. The number of carbonyl (C=O) groups excluding carboxylic acids is 3. The van der Waals surface area contributed by atoms with Crippen LogP contribution in [0.2, 0.25) is 0 Å². The molecule has 0 saturated carbocycles. The second-order valence-corrected chi connectivity index (χ2v) is 10.2. The Bertz CT molecular complexity index is 1310. The summed E-state index contributed by atoms with van der Waals surface area (Å²) in [6, 6.07) is 17.6. The Labute approximate surface area is 203 Å². The van der Waals surface area contributed by atoms with Gasteiger partial charge < -0.3 is 19.5 Å². The molecule has 1 N–H and O–H groups in total. The van der Waals surface area contributed by atoms with Crippen molar-refractivity contribution in [2.45, 2.75) is 17.2 Å². The summed E-state index contributed by atoms with van der Waals surface area (Å²) in [6.07, 6.45) is 1.28. The number of rotatable bonds is 6. The Morgan fingerprint density at radius 1 is 0.857 bits per heavy atom. The van der Waals surface area contributed by atoms with Crippen molar-refractivity contribution in [3.63, 3.8) is 0 Å². The molecule has 1 aliphatic rings. The first-order chi connectivity index (χ1) is 16.8. The molecule has 3 amide bonds. The van der Waals surface area contributed by atoms with Gasteiger partial charge in [0.25, 0.3) is 17.7 Å². The molecule has 10 heteroatoms. The van der Waals surface area contributed by atoms with Gasteiger partial charge in [0.1, 0.15) is 0 Å². The molecule has 35 heavy (non-hydrogen) atoms. The maximum Gasteiger partial charge on any atom is 0.288 e. The van der Waals surface area contributed by atoms with Crippen molar-refractivity contribution in [3.8, 4) is 0 Å². The molecule has 9 nitrogen and oxygen atoms in total. The van der Waals surface area contributed by atoms with Crippen molar-refractivity contribution in [1.29, 1.82) is 0 Å². The Hall–Kier alpha value is -3.92. The van der Waals surface area contributed by atoms with Gasteiger partial charge in [-0.25, -0.2) is 8.42 Å². The van der Waals surface area contributed by atoms with E-state index in [1.807, 2.05) is 19.1 Å². The van der Waals surface area contributed by atoms with Crippen LogP contribution >= 0.6 is 0 Å². The number of piperazine rings is 1. The van der Waals surface area contributed by atoms with E-state index >= 15 is 0 Å². The second-order valence-electron chi connectivity index (χ2n) is 8.12. The van der Waals surface area contributed by atoms with Crippen molar-refractivity contribution in [3.05, 3.63) is 89.9 Å². The molecule has 1 aliphatic heterocycles. The predicted molar refractivity (Wildman–Crippen MR) is 127 cm³/mol. The van der Waals surface area contributed by atoms with Gasteiger partial charge in [-0.15, -0.1) is 0 Å². The largest absolute Gasteiger partial charge is 0.459 e. The summed E-state index contributed by atoms with van der Waals surface area (Å²) >= 11 is 0. The minimum atomic E-state index is -4.26. The third-order valence-electron chi connectivity index (χ3n) is 5.87. The lowest BCUT2D eigenvalue weighted by atomic mass is 10.1. The van der Waals surface area contributed by atoms with Crippen molar-refractivity contribution in [2.24, 2.45) is 0 Å². The monoisotopic (exact) mass is 495 g/mol. The normalized spacial score (nSPS) is 14.9. The average Bonchev–Trinajstić information content (AvgIpc) is 3.42. The maximum absolute atomic E-state index is 13.4. The van der Waals surface area contributed by atoms with Crippen LogP contribution in [-0.4, -0.2) is 67.5 Å². The van der Waals surface area contributed by atoms with Crippen LogP contribution in [0.3, 0.4) is 0 Å². The molecule has 1 aromatic heterocycles. The van der Waals surface area contributed by atoms with E-state index in [0.717, 1.165) is 5.56 Å². The minimum absolute atomic E-state index is 0.0912. The molecule has 2 heterocycles. The topological polar surface area (TPSA) is 117 Å². The van der Waals surface area contributed by atoms with E-state index in [0.29, 0.717) is 5.56 Å². The molecule has 0 bridgehead atoms. The molecule has 3 aromatic rings. The number of hydrogen-bond donors (Lipinski definition) is 1. The minimum Gasteiger partial charge on any atom is -0.459 e. The molecule has 1 fully saturated rings. The molecule has 0 radical (unpaired) electrons. The lowest BCUT2D eigenvalue weighted by Crippen LogP contribution is -2.57. The number of hydrogen-bond acceptors (Lipinski definition) is 6. The molecule has 4 rings (SSSR count). The second kappa shape index (κ2) is 10.1. The third kappa shape index (κ3) is 5.12. The highest BCUT2D eigenvalue weighted by atomic mass is 32.2. The summed E-state index contributed by atoms with van der Waals surface area (Å²) in [5.41, 5.74) is 1.44. The summed E-state index contributed by atoms with van der Waals surface area (Å²) in [6.45, 7) is 2.60. The van der Waals surface area contributed by atoms with Crippen LogP contribution in [0, 0.1) is 6.92 Å². The maximum atomic E-state index is 13.4. The SMILES string of the molecule is Cc1ccccc1C(=O)N1CCN(C(=O)[C@H](NC(=O)c2ccco2)S(=O)(=O)c2ccccc2)CC1. The van der Waals surface area contributed by atoms with Gasteiger partial charge in [-0.3, -0.25) is 14.4 Å². The third-order valence-corrected chi connectivity index (χ3v) is 7.74. The van der Waals surface area contributed by atoms with Crippen LogP contribution in [0.15, 0.2) is 82.3 Å². The van der Waals surface area contributed by atoms with Crippen molar-refractivity contribution in [2.75, 3.05) is 26.2 Å². The van der Waals surface area contributed by atoms with Crippen LogP contribution < -0.4 is 5.32 Å². The van der Waals surface area contributed by atoms with Gasteiger partial charge in [-0.1, -0.05) is 36.4 Å². The van der Waals surface area contributed by atoms with E-state index in [1.54, 1.807) is 35.2 Å². The zero-order chi connectivity index (χ0) is 25.0. The number of aryl methyl sites for hydroxylation is 1. The van der Waals surface area contributed by atoms with Crippen molar-refractivity contribution in [1.82, 2.24) is 15.1 Å². The predicted octanol–water partition coefficient (Wildman–Crippen LogP) is 2.10. The zero-order valence-electron chi connectivity index (χ0n) is 19.1. The van der Waals surface area contributed by atoms with E-state index in [2.05, 4.69) is 5.32 Å². The fourth-order valence-electron chi connectivity index (χ4n) is 3.90. The van der Waals surface area contributed by atoms with Crippen LogP contribution in [-0.2, 0) is 14.6 Å². The Balaban J connectivity index is 1.53. The number of nitrogens with zero attached hydrogens (tertiary/aromatic N) is 2. The van der Waals surface area contributed by atoms with Crippen molar-refractivity contribution < 1.29 is 27.2 Å². The Morgan fingerprint density at radius 2 is 1.49 bits per heavy atom. The molecule has 1 atom stereocenters. The fraction of sp³-hybridized carbons (Fsp3) is 0.240. The highest BCUT2D eigenvalue weighted by Gasteiger charge is 2.40. The molecular formula is C25H25N3O6S. The fourth-order valence-corrected chi connectivity index (χ4v) is 5.38. The van der Waals surface area contributed by atoms with Gasteiger partial charge in [-0.05, 0) is 42.8 Å². The molecule has 2 aromatic carbocycles. The van der Waals surface area contributed by atoms with Crippen LogP contribution in [0.1, 0.15) is 26.5 Å². The summed E-state index contributed by atoms with van der Waals surface area (Å²) in [5.74, 6) is -1.84. The lowest BCUT2D eigenvalue weighted by molar-refractivity contribution is -0.132. The number of amides is 3. The first-order valence-corrected chi connectivity index (χ1v) is 12.6. The van der Waals surface area contributed by atoms with Gasteiger partial charge in [0.2, 0.25) is 15.2 Å². The number of benzene rings is 2. The van der Waals surface area contributed by atoms with Gasteiger partial charge in [0.15, 0.2) is 5.76 Å². The Kier molecular flexibility index (Phi) is 7.02. The molecule has 0 aliphatic carbocycles. The van der Waals surface area contributed by atoms with Gasteiger partial charge in [-0.2, -0.15) is 0 Å². The highest BCUT2D eigenvalue weighted by Crippen LogP contribution is 2.19. The summed E-state index contributed by atoms with van der Waals surface area (Å²) in [4.78, 5) is 41.9. The molecular weight excluding hydrogens is 470 g/mol. The lowest BCUT2D eigenvalue weighted by Gasteiger charge is -2.36. The number of carbonyl (C=O) groups is 3. The zero-order valence-corrected chi connectivity index (χ0v) is 19.9. The van der Waals surface area contributed by atoms with Gasteiger partial charge >= 0.3 is 0 Å². The van der Waals surface area contributed by atoms with E-state index in [-0.39, 0.29) is 42.7 Å². The number of furan rings is 1. The smallest absolute Gasteiger partial charge is 0.288 e. The quantitative estimate of drug-likeness (QED) is 0.560. The summed E-state index contributed by atoms with van der Waals surface area (Å²) < 4.78 is 31.8. The molecule has 1 saturated heterocycles. The van der Waals surface area contributed by atoms with E-state index in [4.69, 9.17) is 4.42 Å².